The van der Waals surface area contributed by atoms with E-state index in [1.807, 2.05) is 0 Å². The Balaban J connectivity index is 4.43. The van der Waals surface area contributed by atoms with Gasteiger partial charge in [0.25, 0.3) is 0 Å². The fourth-order valence-corrected chi connectivity index (χ4v) is 6.64. The monoisotopic (exact) mass is 899 g/mol. The molecule has 0 aromatic rings. The fourth-order valence-electron chi connectivity index (χ4n) is 6.64. The Morgan fingerprint density at radius 2 is 0.554 bits per heavy atom. The van der Waals surface area contributed by atoms with E-state index in [0.717, 1.165) is 141 Å². The molecule has 0 saturated heterocycles. The van der Waals surface area contributed by atoms with Gasteiger partial charge in [0.2, 0.25) is 0 Å². The summed E-state index contributed by atoms with van der Waals surface area (Å²) in [6.07, 6.45) is 71.9. The summed E-state index contributed by atoms with van der Waals surface area (Å²) in [5.41, 5.74) is 0. The second-order valence-corrected chi connectivity index (χ2v) is 16.6. The van der Waals surface area contributed by atoms with Gasteiger partial charge in [-0.2, -0.15) is 0 Å². The number of unbranched alkanes of at least 4 members (excludes halogenated alkanes) is 14. The molecule has 6 heteroatoms. The van der Waals surface area contributed by atoms with E-state index in [0.29, 0.717) is 12.8 Å². The van der Waals surface area contributed by atoms with Gasteiger partial charge in [-0.15, -0.1) is 0 Å². The Morgan fingerprint density at radius 1 is 0.308 bits per heavy atom. The molecule has 1 atom stereocenters. The smallest absolute Gasteiger partial charge is 0.306 e. The van der Waals surface area contributed by atoms with Crippen LogP contribution < -0.4 is 0 Å². The third-order valence-electron chi connectivity index (χ3n) is 10.4. The van der Waals surface area contributed by atoms with Crippen LogP contribution in [0.4, 0.5) is 0 Å². The second kappa shape index (κ2) is 52.4. The van der Waals surface area contributed by atoms with Crippen molar-refractivity contribution in [3.05, 3.63) is 122 Å². The highest BCUT2D eigenvalue weighted by Gasteiger charge is 2.19. The highest BCUT2D eigenvalue weighted by atomic mass is 16.6. The van der Waals surface area contributed by atoms with Crippen molar-refractivity contribution in [2.24, 2.45) is 0 Å². The molecular formula is C59H94O6. The zero-order chi connectivity index (χ0) is 47.2. The van der Waals surface area contributed by atoms with Gasteiger partial charge in [-0.25, -0.2) is 0 Å². The number of ether oxygens (including phenoxy) is 3. The molecule has 0 N–H and O–H groups in total. The molecular weight excluding hydrogens is 805 g/mol. The van der Waals surface area contributed by atoms with Crippen LogP contribution in [0.25, 0.3) is 0 Å². The lowest BCUT2D eigenvalue weighted by Crippen LogP contribution is -2.30. The van der Waals surface area contributed by atoms with Gasteiger partial charge in [0, 0.05) is 19.3 Å². The maximum atomic E-state index is 12.8. The summed E-state index contributed by atoms with van der Waals surface area (Å²) in [4.78, 5) is 38.0. The van der Waals surface area contributed by atoms with Gasteiger partial charge in [-0.3, -0.25) is 14.4 Å². The van der Waals surface area contributed by atoms with E-state index in [9.17, 15) is 14.4 Å². The highest BCUT2D eigenvalue weighted by molar-refractivity contribution is 5.71. The molecule has 0 aromatic carbocycles. The molecule has 0 aliphatic heterocycles. The summed E-state index contributed by atoms with van der Waals surface area (Å²) >= 11 is 0. The van der Waals surface area contributed by atoms with Crippen LogP contribution >= 0.6 is 0 Å². The number of esters is 3. The van der Waals surface area contributed by atoms with Crippen molar-refractivity contribution in [1.82, 2.24) is 0 Å². The molecule has 1 unspecified atom stereocenters. The van der Waals surface area contributed by atoms with Crippen LogP contribution in [0.5, 0.6) is 0 Å². The van der Waals surface area contributed by atoms with E-state index in [2.05, 4.69) is 142 Å². The van der Waals surface area contributed by atoms with Gasteiger partial charge in [-0.1, -0.05) is 194 Å². The van der Waals surface area contributed by atoms with Crippen LogP contribution in [0.3, 0.4) is 0 Å². The van der Waals surface area contributed by atoms with Crippen molar-refractivity contribution in [2.75, 3.05) is 13.2 Å². The number of carbonyl (C=O) groups is 3. The maximum absolute atomic E-state index is 12.8. The van der Waals surface area contributed by atoms with E-state index < -0.39 is 6.10 Å². The summed E-state index contributed by atoms with van der Waals surface area (Å²) < 4.78 is 16.7. The van der Waals surface area contributed by atoms with E-state index >= 15 is 0 Å². The Bertz CT molecular complexity index is 1400. The molecule has 0 radical (unpaired) electrons. The summed E-state index contributed by atoms with van der Waals surface area (Å²) in [5, 5.41) is 0. The van der Waals surface area contributed by atoms with Crippen LogP contribution in [-0.4, -0.2) is 37.2 Å². The standard InChI is InChI=1S/C59H94O6/c1-4-7-10-13-16-19-22-25-26-27-28-29-30-31-32-35-37-40-43-46-49-52-58(61)64-55-56(65-59(62)53-50-47-44-41-38-34-24-21-18-15-12-9-6-3)54-63-57(60)51-48-45-42-39-36-33-23-20-17-14-11-8-5-2/h7-12,16-21,25-26,28-29,33-34,36,38,56H,4-6,13-15,22-24,27,30-32,35,37,39-55H2,1-3H3/b10-7-,11-8-,12-9-,19-16-,20-17-,21-18-,26-25-,29-28-,36-33-,38-34-. The zero-order valence-electron chi connectivity index (χ0n) is 41.7. The quantitative estimate of drug-likeness (QED) is 0.0262. The molecule has 6 nitrogen and oxygen atoms in total. The molecule has 0 aliphatic rings. The van der Waals surface area contributed by atoms with Crippen molar-refractivity contribution in [3.63, 3.8) is 0 Å². The van der Waals surface area contributed by atoms with Crippen LogP contribution in [-0.2, 0) is 28.6 Å². The summed E-state index contributed by atoms with van der Waals surface area (Å²) in [5.74, 6) is -0.983. The third kappa shape index (κ3) is 50.7. The molecule has 0 bridgehead atoms. The van der Waals surface area contributed by atoms with E-state index in [1.54, 1.807) is 0 Å². The van der Waals surface area contributed by atoms with Gasteiger partial charge in [0.05, 0.1) is 0 Å². The van der Waals surface area contributed by atoms with Gasteiger partial charge >= 0.3 is 17.9 Å². The lowest BCUT2D eigenvalue weighted by molar-refractivity contribution is -0.167. The molecule has 65 heavy (non-hydrogen) atoms. The zero-order valence-corrected chi connectivity index (χ0v) is 41.7. The fraction of sp³-hybridized carbons (Fsp3) is 0.610. The van der Waals surface area contributed by atoms with Gasteiger partial charge < -0.3 is 14.2 Å². The normalized spacial score (nSPS) is 13.1. The molecule has 0 saturated carbocycles. The van der Waals surface area contributed by atoms with Gasteiger partial charge in [0.1, 0.15) is 13.2 Å². The van der Waals surface area contributed by atoms with E-state index in [4.69, 9.17) is 14.2 Å². The van der Waals surface area contributed by atoms with Crippen LogP contribution in [0.1, 0.15) is 213 Å². The minimum atomic E-state index is -0.811. The third-order valence-corrected chi connectivity index (χ3v) is 10.4. The Morgan fingerprint density at radius 3 is 0.877 bits per heavy atom. The number of hydrogen-bond donors (Lipinski definition) is 0. The van der Waals surface area contributed by atoms with Gasteiger partial charge in [0.15, 0.2) is 6.10 Å². The summed E-state index contributed by atoms with van der Waals surface area (Å²) in [6, 6.07) is 0. The molecule has 0 fully saturated rings. The number of rotatable bonds is 45. The minimum absolute atomic E-state index is 0.107. The molecule has 0 amide bonds. The van der Waals surface area contributed by atoms with Crippen molar-refractivity contribution in [1.29, 1.82) is 0 Å². The van der Waals surface area contributed by atoms with E-state index in [1.165, 1.54) is 32.1 Å². The Labute approximate surface area is 399 Å². The SMILES string of the molecule is CC/C=C\C/C=C\C/C=C\C/C=C\CCCCCCCCCCC(=O)OCC(COC(=O)CCCCC/C=C\C/C=C\C/C=C\CC)OC(=O)CCCCC/C=C\C/C=C\C/C=C\CC. The van der Waals surface area contributed by atoms with Crippen molar-refractivity contribution >= 4 is 17.9 Å². The maximum Gasteiger partial charge on any atom is 0.306 e. The molecule has 0 rings (SSSR count). The van der Waals surface area contributed by atoms with Crippen molar-refractivity contribution in [2.45, 2.75) is 219 Å². The average molecular weight is 899 g/mol. The lowest BCUT2D eigenvalue weighted by Gasteiger charge is -2.18. The largest absolute Gasteiger partial charge is 0.462 e. The van der Waals surface area contributed by atoms with Gasteiger partial charge in [-0.05, 0) is 122 Å². The minimum Gasteiger partial charge on any atom is -0.462 e. The Kier molecular flexibility index (Phi) is 49.1. The topological polar surface area (TPSA) is 78.9 Å². The first-order valence-electron chi connectivity index (χ1n) is 26.0. The average Bonchev–Trinajstić information content (AvgIpc) is 3.30. The molecule has 0 spiro atoms. The summed E-state index contributed by atoms with van der Waals surface area (Å²) in [6.45, 7) is 6.22. The predicted molar refractivity (Wildman–Crippen MR) is 279 cm³/mol. The predicted octanol–water partition coefficient (Wildman–Crippen LogP) is 17.3. The van der Waals surface area contributed by atoms with Crippen LogP contribution in [0, 0.1) is 0 Å². The molecule has 0 aromatic heterocycles. The highest BCUT2D eigenvalue weighted by Crippen LogP contribution is 2.13. The first-order chi connectivity index (χ1) is 32.0. The van der Waals surface area contributed by atoms with Crippen LogP contribution in [0.15, 0.2) is 122 Å². The molecule has 366 valence electrons. The number of allylic oxidation sites excluding steroid dienone is 20. The number of hydrogen-bond acceptors (Lipinski definition) is 6. The van der Waals surface area contributed by atoms with Crippen molar-refractivity contribution < 1.29 is 28.6 Å². The van der Waals surface area contributed by atoms with Crippen LogP contribution in [0.2, 0.25) is 0 Å². The molecule has 0 aliphatic carbocycles. The lowest BCUT2D eigenvalue weighted by atomic mass is 10.1. The second-order valence-electron chi connectivity index (χ2n) is 16.6. The summed E-state index contributed by atoms with van der Waals surface area (Å²) in [7, 11) is 0. The first-order valence-corrected chi connectivity index (χ1v) is 26.0. The van der Waals surface area contributed by atoms with E-state index in [-0.39, 0.29) is 37.5 Å². The molecule has 0 heterocycles. The Hall–Kier alpha value is -4.19. The number of carbonyl (C=O) groups excluding carboxylic acids is 3. The van der Waals surface area contributed by atoms with Crippen molar-refractivity contribution in [3.8, 4) is 0 Å². The first kappa shape index (κ1) is 60.8.